The first-order valence-electron chi connectivity index (χ1n) is 8.31. The third kappa shape index (κ3) is 3.69. The predicted molar refractivity (Wildman–Crippen MR) is 91.1 cm³/mol. The Labute approximate surface area is 133 Å². The molecule has 1 heterocycles. The maximum atomic E-state index is 9.35. The van der Waals surface area contributed by atoms with Crippen LogP contribution in [0.15, 0.2) is 48.5 Å². The first-order valence-corrected chi connectivity index (χ1v) is 8.31. The van der Waals surface area contributed by atoms with Gasteiger partial charge in [-0.1, -0.05) is 36.4 Å². The molecule has 22 heavy (non-hydrogen) atoms. The molecule has 2 heteroatoms. The van der Waals surface area contributed by atoms with E-state index in [2.05, 4.69) is 36.1 Å². The molecule has 0 fully saturated rings. The Hall–Kier alpha value is -1.80. The van der Waals surface area contributed by atoms with Gasteiger partial charge in [0.25, 0.3) is 0 Å². The summed E-state index contributed by atoms with van der Waals surface area (Å²) in [6.45, 7) is 4.60. The minimum Gasteiger partial charge on any atom is -0.508 e. The van der Waals surface area contributed by atoms with Gasteiger partial charge in [0.1, 0.15) is 5.75 Å². The number of rotatable bonds is 4. The maximum Gasteiger partial charge on any atom is 0.115 e. The lowest BCUT2D eigenvalue weighted by Crippen LogP contribution is -2.33. The molecule has 2 nitrogen and oxygen atoms in total. The maximum absolute atomic E-state index is 9.35. The molecule has 0 aliphatic carbocycles. The van der Waals surface area contributed by atoms with Crippen LogP contribution in [0.2, 0.25) is 0 Å². The molecule has 2 aromatic rings. The summed E-state index contributed by atoms with van der Waals surface area (Å²) in [5.74, 6) is 0.348. The van der Waals surface area contributed by atoms with E-state index in [9.17, 15) is 5.11 Å². The lowest BCUT2D eigenvalue weighted by Gasteiger charge is -2.28. The van der Waals surface area contributed by atoms with Crippen molar-refractivity contribution in [2.24, 2.45) is 0 Å². The lowest BCUT2D eigenvalue weighted by molar-refractivity contribution is 0.194. The molecule has 0 radical (unpaired) electrons. The third-order valence-corrected chi connectivity index (χ3v) is 4.79. The fourth-order valence-electron chi connectivity index (χ4n) is 3.32. The second kappa shape index (κ2) is 6.97. The SMILES string of the molecule is CC(CCc1ccc(O)cc1)N1CCCc2ccccc2C1. The van der Waals surface area contributed by atoms with Crippen LogP contribution in [0.25, 0.3) is 0 Å². The molecule has 0 bridgehead atoms. The lowest BCUT2D eigenvalue weighted by atomic mass is 10.0. The largest absolute Gasteiger partial charge is 0.508 e. The van der Waals surface area contributed by atoms with E-state index in [1.807, 2.05) is 12.1 Å². The van der Waals surface area contributed by atoms with Crippen LogP contribution in [-0.2, 0) is 19.4 Å². The van der Waals surface area contributed by atoms with Gasteiger partial charge in [0, 0.05) is 12.6 Å². The van der Waals surface area contributed by atoms with Crippen molar-refractivity contribution in [1.82, 2.24) is 4.90 Å². The Kier molecular flexibility index (Phi) is 4.79. The Morgan fingerprint density at radius 3 is 2.55 bits per heavy atom. The molecule has 0 saturated heterocycles. The van der Waals surface area contributed by atoms with Gasteiger partial charge in [-0.2, -0.15) is 0 Å². The van der Waals surface area contributed by atoms with Crippen molar-refractivity contribution in [3.63, 3.8) is 0 Å². The van der Waals surface area contributed by atoms with Crippen molar-refractivity contribution in [3.8, 4) is 5.75 Å². The Morgan fingerprint density at radius 2 is 1.77 bits per heavy atom. The van der Waals surface area contributed by atoms with E-state index in [1.54, 1.807) is 12.1 Å². The fraction of sp³-hybridized carbons (Fsp3) is 0.400. The molecule has 1 atom stereocenters. The highest BCUT2D eigenvalue weighted by molar-refractivity contribution is 5.28. The van der Waals surface area contributed by atoms with E-state index in [0.29, 0.717) is 11.8 Å². The Balaban J connectivity index is 1.60. The van der Waals surface area contributed by atoms with Crippen molar-refractivity contribution in [3.05, 3.63) is 65.2 Å². The van der Waals surface area contributed by atoms with Crippen LogP contribution < -0.4 is 0 Å². The summed E-state index contributed by atoms with van der Waals surface area (Å²) >= 11 is 0. The zero-order valence-corrected chi connectivity index (χ0v) is 13.3. The van der Waals surface area contributed by atoms with Crippen LogP contribution in [-0.4, -0.2) is 22.6 Å². The van der Waals surface area contributed by atoms with Gasteiger partial charge in [-0.15, -0.1) is 0 Å². The van der Waals surface area contributed by atoms with E-state index < -0.39 is 0 Å². The highest BCUT2D eigenvalue weighted by atomic mass is 16.3. The molecule has 3 rings (SSSR count). The molecule has 1 aliphatic heterocycles. The van der Waals surface area contributed by atoms with Crippen LogP contribution in [0.1, 0.15) is 36.5 Å². The summed E-state index contributed by atoms with van der Waals surface area (Å²) in [4.78, 5) is 2.62. The number of hydrogen-bond donors (Lipinski definition) is 1. The molecule has 0 saturated carbocycles. The predicted octanol–water partition coefficient (Wildman–Crippen LogP) is 4.16. The molecular formula is C20H25NO. The van der Waals surface area contributed by atoms with E-state index in [1.165, 1.54) is 36.1 Å². The highest BCUT2D eigenvalue weighted by Crippen LogP contribution is 2.22. The zero-order valence-electron chi connectivity index (χ0n) is 13.3. The summed E-state index contributed by atoms with van der Waals surface area (Å²) in [7, 11) is 0. The van der Waals surface area contributed by atoms with Crippen molar-refractivity contribution in [2.45, 2.75) is 45.2 Å². The zero-order chi connectivity index (χ0) is 15.4. The van der Waals surface area contributed by atoms with Crippen LogP contribution in [0.3, 0.4) is 0 Å². The standard InChI is InChI=1S/C20H25NO/c1-16(8-9-17-10-12-20(22)13-11-17)21-14-4-7-18-5-2-3-6-19(18)15-21/h2-3,5-6,10-13,16,22H,4,7-9,14-15H2,1H3. The number of benzene rings is 2. The van der Waals surface area contributed by atoms with Gasteiger partial charge < -0.3 is 5.11 Å². The monoisotopic (exact) mass is 295 g/mol. The van der Waals surface area contributed by atoms with Gasteiger partial charge in [-0.05, 0) is 68.0 Å². The van der Waals surface area contributed by atoms with Crippen molar-refractivity contribution >= 4 is 0 Å². The molecule has 0 aromatic heterocycles. The van der Waals surface area contributed by atoms with Crippen LogP contribution in [0.5, 0.6) is 5.75 Å². The molecule has 0 spiro atoms. The smallest absolute Gasteiger partial charge is 0.115 e. The second-order valence-corrected chi connectivity index (χ2v) is 6.40. The quantitative estimate of drug-likeness (QED) is 0.915. The summed E-state index contributed by atoms with van der Waals surface area (Å²) in [5.41, 5.74) is 4.33. The third-order valence-electron chi connectivity index (χ3n) is 4.79. The minimum atomic E-state index is 0.348. The number of hydrogen-bond acceptors (Lipinski definition) is 2. The molecule has 1 unspecified atom stereocenters. The first kappa shape index (κ1) is 15.1. The normalized spacial score (nSPS) is 16.8. The Bertz CT molecular complexity index is 605. The Morgan fingerprint density at radius 1 is 1.05 bits per heavy atom. The topological polar surface area (TPSA) is 23.5 Å². The average molecular weight is 295 g/mol. The average Bonchev–Trinajstić information content (AvgIpc) is 2.76. The van der Waals surface area contributed by atoms with Crippen molar-refractivity contribution in [1.29, 1.82) is 0 Å². The number of fused-ring (bicyclic) bond motifs is 1. The van der Waals surface area contributed by atoms with Crippen LogP contribution >= 0.6 is 0 Å². The number of aryl methyl sites for hydroxylation is 2. The van der Waals surface area contributed by atoms with Gasteiger partial charge in [0.05, 0.1) is 0 Å². The molecule has 0 amide bonds. The van der Waals surface area contributed by atoms with Crippen molar-refractivity contribution < 1.29 is 5.11 Å². The number of aromatic hydroxyl groups is 1. The van der Waals surface area contributed by atoms with Crippen LogP contribution in [0, 0.1) is 0 Å². The first-order chi connectivity index (χ1) is 10.7. The summed E-state index contributed by atoms with van der Waals surface area (Å²) in [6.07, 6.45) is 4.68. The molecular weight excluding hydrogens is 270 g/mol. The highest BCUT2D eigenvalue weighted by Gasteiger charge is 2.18. The minimum absolute atomic E-state index is 0.348. The van der Waals surface area contributed by atoms with Gasteiger partial charge in [0.15, 0.2) is 0 Å². The van der Waals surface area contributed by atoms with Crippen molar-refractivity contribution in [2.75, 3.05) is 6.54 Å². The van der Waals surface area contributed by atoms with Gasteiger partial charge in [-0.3, -0.25) is 4.90 Å². The van der Waals surface area contributed by atoms with Gasteiger partial charge in [0.2, 0.25) is 0 Å². The summed E-state index contributed by atoms with van der Waals surface area (Å²) in [5, 5.41) is 9.35. The number of nitrogens with zero attached hydrogens (tertiary/aromatic N) is 1. The molecule has 116 valence electrons. The summed E-state index contributed by atoms with van der Waals surface area (Å²) in [6, 6.07) is 17.1. The van der Waals surface area contributed by atoms with E-state index in [4.69, 9.17) is 0 Å². The summed E-state index contributed by atoms with van der Waals surface area (Å²) < 4.78 is 0. The van der Waals surface area contributed by atoms with E-state index in [-0.39, 0.29) is 0 Å². The molecule has 1 N–H and O–H groups in total. The van der Waals surface area contributed by atoms with E-state index >= 15 is 0 Å². The van der Waals surface area contributed by atoms with E-state index in [0.717, 1.165) is 19.4 Å². The number of phenols is 1. The second-order valence-electron chi connectivity index (χ2n) is 6.40. The molecule has 1 aliphatic rings. The van der Waals surface area contributed by atoms with Gasteiger partial charge in [-0.25, -0.2) is 0 Å². The van der Waals surface area contributed by atoms with Crippen LogP contribution in [0.4, 0.5) is 0 Å². The fourth-order valence-corrected chi connectivity index (χ4v) is 3.32. The number of phenolic OH excluding ortho intramolecular Hbond substituents is 1. The molecule has 2 aromatic carbocycles. The van der Waals surface area contributed by atoms with Gasteiger partial charge >= 0.3 is 0 Å².